The largest absolute Gasteiger partial charge is 0.508 e. The predicted molar refractivity (Wildman–Crippen MR) is 106 cm³/mol. The number of aromatic hydroxyl groups is 1. The van der Waals surface area contributed by atoms with Gasteiger partial charge in [0.2, 0.25) is 0 Å². The van der Waals surface area contributed by atoms with Crippen LogP contribution in [0.1, 0.15) is 77.3 Å². The molecule has 1 aromatic carbocycles. The molecule has 152 valence electrons. The van der Waals surface area contributed by atoms with Gasteiger partial charge >= 0.3 is 11.9 Å². The Labute approximate surface area is 162 Å². The second-order valence-electron chi connectivity index (χ2n) is 8.75. The highest BCUT2D eigenvalue weighted by molar-refractivity contribution is 5.73. The van der Waals surface area contributed by atoms with Crippen molar-refractivity contribution in [3.05, 3.63) is 29.3 Å². The first-order valence-corrected chi connectivity index (χ1v) is 9.73. The zero-order valence-electron chi connectivity index (χ0n) is 17.0. The molecule has 5 heteroatoms. The van der Waals surface area contributed by atoms with Gasteiger partial charge in [-0.25, -0.2) is 0 Å². The maximum Gasteiger partial charge on any atom is 0.309 e. The molecule has 0 bridgehead atoms. The summed E-state index contributed by atoms with van der Waals surface area (Å²) in [6.45, 7) is 6.99. The van der Waals surface area contributed by atoms with Crippen LogP contribution in [-0.4, -0.2) is 27.3 Å². The van der Waals surface area contributed by atoms with Crippen LogP contribution in [0.25, 0.3) is 0 Å². The fourth-order valence-electron chi connectivity index (χ4n) is 3.07. The average Bonchev–Trinajstić information content (AvgIpc) is 2.56. The lowest BCUT2D eigenvalue weighted by molar-refractivity contribution is -0.148. The molecule has 27 heavy (non-hydrogen) atoms. The third-order valence-electron chi connectivity index (χ3n) is 5.34. The smallest absolute Gasteiger partial charge is 0.309 e. The van der Waals surface area contributed by atoms with Crippen LogP contribution < -0.4 is 0 Å². The van der Waals surface area contributed by atoms with Crippen molar-refractivity contribution in [2.75, 3.05) is 0 Å². The van der Waals surface area contributed by atoms with Gasteiger partial charge < -0.3 is 15.3 Å². The predicted octanol–water partition coefficient (Wildman–Crippen LogP) is 5.04. The number of aryl methyl sites for hydroxylation is 2. The van der Waals surface area contributed by atoms with Crippen LogP contribution in [0.4, 0.5) is 0 Å². The second kappa shape index (κ2) is 9.77. The van der Waals surface area contributed by atoms with Crippen LogP contribution in [0.2, 0.25) is 0 Å². The molecule has 0 aliphatic rings. The number of phenolic OH excluding ortho intramolecular Hbond substituents is 1. The van der Waals surface area contributed by atoms with Crippen LogP contribution in [-0.2, 0) is 22.4 Å². The van der Waals surface area contributed by atoms with Gasteiger partial charge in [-0.05, 0) is 89.5 Å². The molecule has 0 radical (unpaired) electrons. The highest BCUT2D eigenvalue weighted by Crippen LogP contribution is 2.27. The van der Waals surface area contributed by atoms with Crippen LogP contribution in [0.5, 0.6) is 5.75 Å². The van der Waals surface area contributed by atoms with Crippen molar-refractivity contribution in [3.63, 3.8) is 0 Å². The summed E-state index contributed by atoms with van der Waals surface area (Å²) >= 11 is 0. The molecule has 5 nitrogen and oxygen atoms in total. The number of unbranched alkanes of at least 4 members (excludes halogenated alkanes) is 2. The minimum atomic E-state index is -0.773. The van der Waals surface area contributed by atoms with E-state index in [1.165, 1.54) is 5.56 Å². The zero-order valence-corrected chi connectivity index (χ0v) is 17.0. The van der Waals surface area contributed by atoms with E-state index in [0.717, 1.165) is 44.1 Å². The molecule has 0 heterocycles. The van der Waals surface area contributed by atoms with Crippen molar-refractivity contribution >= 4 is 11.9 Å². The number of benzene rings is 1. The summed E-state index contributed by atoms with van der Waals surface area (Å²) in [7, 11) is 0. The monoisotopic (exact) mass is 378 g/mol. The maximum atomic E-state index is 11.2. The minimum Gasteiger partial charge on any atom is -0.508 e. The van der Waals surface area contributed by atoms with E-state index in [1.807, 2.05) is 6.07 Å². The molecule has 0 unspecified atom stereocenters. The molecule has 0 aliphatic heterocycles. The molecule has 0 saturated carbocycles. The van der Waals surface area contributed by atoms with Gasteiger partial charge in [0.1, 0.15) is 5.75 Å². The standard InChI is InChI=1S/C22H34O5/c1-21(2,19(24)25)13-7-5-9-16-11-12-18(23)15-17(16)10-6-8-14-22(3,4)20(26)27/h11-12,15,23H,5-10,13-14H2,1-4H3,(H,24,25)(H,26,27). The van der Waals surface area contributed by atoms with Gasteiger partial charge in [-0.3, -0.25) is 9.59 Å². The summed E-state index contributed by atoms with van der Waals surface area (Å²) in [5.41, 5.74) is 0.868. The van der Waals surface area contributed by atoms with Crippen LogP contribution >= 0.6 is 0 Å². The summed E-state index contributed by atoms with van der Waals surface area (Å²) in [6.07, 6.45) is 6.36. The zero-order chi connectivity index (χ0) is 20.7. The van der Waals surface area contributed by atoms with Gasteiger partial charge in [-0.15, -0.1) is 0 Å². The van der Waals surface area contributed by atoms with E-state index in [-0.39, 0.29) is 5.75 Å². The van der Waals surface area contributed by atoms with Gasteiger partial charge in [0.15, 0.2) is 0 Å². The van der Waals surface area contributed by atoms with Crippen molar-refractivity contribution in [2.45, 2.75) is 79.1 Å². The quantitative estimate of drug-likeness (QED) is 0.443. The summed E-state index contributed by atoms with van der Waals surface area (Å²) in [5.74, 6) is -1.30. The Kier molecular flexibility index (Phi) is 8.32. The minimum absolute atomic E-state index is 0.242. The molecule has 1 aromatic rings. The first-order valence-electron chi connectivity index (χ1n) is 9.73. The highest BCUT2D eigenvalue weighted by atomic mass is 16.4. The van der Waals surface area contributed by atoms with Crippen LogP contribution in [0, 0.1) is 10.8 Å². The molecule has 3 N–H and O–H groups in total. The lowest BCUT2D eigenvalue weighted by atomic mass is 9.86. The number of carboxylic acid groups (broad SMARTS) is 2. The van der Waals surface area contributed by atoms with Crippen LogP contribution in [0.3, 0.4) is 0 Å². The molecule has 1 rings (SSSR count). The van der Waals surface area contributed by atoms with Crippen molar-refractivity contribution in [2.24, 2.45) is 10.8 Å². The highest BCUT2D eigenvalue weighted by Gasteiger charge is 2.26. The van der Waals surface area contributed by atoms with E-state index >= 15 is 0 Å². The second-order valence-corrected chi connectivity index (χ2v) is 8.75. The van der Waals surface area contributed by atoms with Crippen molar-refractivity contribution in [1.29, 1.82) is 0 Å². The fraction of sp³-hybridized carbons (Fsp3) is 0.636. The normalized spacial score (nSPS) is 12.1. The molecule has 0 amide bonds. The molecule has 0 spiro atoms. The molecule has 0 aromatic heterocycles. The van der Waals surface area contributed by atoms with Gasteiger partial charge in [-0.1, -0.05) is 18.9 Å². The van der Waals surface area contributed by atoms with E-state index < -0.39 is 22.8 Å². The molecular formula is C22H34O5. The molecule has 0 aliphatic carbocycles. The van der Waals surface area contributed by atoms with E-state index in [2.05, 4.69) is 0 Å². The third-order valence-corrected chi connectivity index (χ3v) is 5.34. The molecule has 0 fully saturated rings. The molecule has 0 atom stereocenters. The van der Waals surface area contributed by atoms with E-state index in [9.17, 15) is 24.9 Å². The Hall–Kier alpha value is -2.04. The van der Waals surface area contributed by atoms with Crippen molar-refractivity contribution < 1.29 is 24.9 Å². The Balaban J connectivity index is 2.55. The van der Waals surface area contributed by atoms with E-state index in [0.29, 0.717) is 12.8 Å². The van der Waals surface area contributed by atoms with E-state index in [4.69, 9.17) is 0 Å². The number of hydrogen-bond acceptors (Lipinski definition) is 3. The van der Waals surface area contributed by atoms with Gasteiger partial charge in [0.25, 0.3) is 0 Å². The topological polar surface area (TPSA) is 94.8 Å². The summed E-state index contributed by atoms with van der Waals surface area (Å²) in [4.78, 5) is 22.3. The lowest BCUT2D eigenvalue weighted by Gasteiger charge is -2.19. The molecule has 0 saturated heterocycles. The number of hydrogen-bond donors (Lipinski definition) is 3. The van der Waals surface area contributed by atoms with Crippen molar-refractivity contribution in [3.8, 4) is 5.75 Å². The number of aliphatic carboxylic acids is 2. The summed E-state index contributed by atoms with van der Waals surface area (Å²) < 4.78 is 0. The maximum absolute atomic E-state index is 11.2. The van der Waals surface area contributed by atoms with E-state index in [1.54, 1.807) is 39.8 Å². The Morgan fingerprint density at radius 2 is 1.22 bits per heavy atom. The first kappa shape index (κ1) is 23.0. The summed E-state index contributed by atoms with van der Waals surface area (Å²) in [5, 5.41) is 28.2. The van der Waals surface area contributed by atoms with Gasteiger partial charge in [-0.2, -0.15) is 0 Å². The van der Waals surface area contributed by atoms with Gasteiger partial charge in [0, 0.05) is 0 Å². The lowest BCUT2D eigenvalue weighted by Crippen LogP contribution is -2.23. The average molecular weight is 379 g/mol. The Morgan fingerprint density at radius 1 is 0.778 bits per heavy atom. The molecular weight excluding hydrogens is 344 g/mol. The fourth-order valence-corrected chi connectivity index (χ4v) is 3.07. The first-order chi connectivity index (χ1) is 12.5. The number of rotatable bonds is 12. The number of carbonyl (C=O) groups is 2. The number of phenols is 1. The van der Waals surface area contributed by atoms with Gasteiger partial charge in [0.05, 0.1) is 10.8 Å². The number of carboxylic acids is 2. The Bertz CT molecular complexity index is 646. The SMILES string of the molecule is CC(C)(CCCCc1ccc(O)cc1CCCCC(C)(C)C(=O)O)C(=O)O. The third kappa shape index (κ3) is 7.61. The Morgan fingerprint density at radius 3 is 1.67 bits per heavy atom. The van der Waals surface area contributed by atoms with Crippen LogP contribution in [0.15, 0.2) is 18.2 Å². The van der Waals surface area contributed by atoms with Crippen molar-refractivity contribution in [1.82, 2.24) is 0 Å². The summed E-state index contributed by atoms with van der Waals surface area (Å²) in [6, 6.07) is 5.42.